The van der Waals surface area contributed by atoms with Crippen molar-refractivity contribution in [3.05, 3.63) is 0 Å². The van der Waals surface area contributed by atoms with Crippen molar-refractivity contribution in [2.24, 2.45) is 11.8 Å². The average Bonchev–Trinajstić information content (AvgIpc) is 2.45. The lowest BCUT2D eigenvalue weighted by molar-refractivity contribution is -0.156. The standard InChI is InChI=1S/C14H21F3N2O3/c15-14(16,17)9-18-5-1-3-10(7-18)12(20)19-6-2-4-11(8-19)13(21)22/h10-11H,1-9H2,(H,21,22). The zero-order valence-corrected chi connectivity index (χ0v) is 12.3. The number of piperidine rings is 2. The summed E-state index contributed by atoms with van der Waals surface area (Å²) in [4.78, 5) is 26.3. The van der Waals surface area contributed by atoms with Gasteiger partial charge in [-0.15, -0.1) is 0 Å². The van der Waals surface area contributed by atoms with E-state index >= 15 is 0 Å². The first kappa shape index (κ1) is 17.1. The van der Waals surface area contributed by atoms with Crippen LogP contribution in [0.2, 0.25) is 0 Å². The number of carbonyl (C=O) groups is 2. The normalized spacial score (nSPS) is 27.7. The molecule has 2 rings (SSSR count). The number of hydrogen-bond acceptors (Lipinski definition) is 3. The van der Waals surface area contributed by atoms with Crippen LogP contribution in [0, 0.1) is 11.8 Å². The highest BCUT2D eigenvalue weighted by Gasteiger charge is 2.37. The molecule has 2 atom stereocenters. The third-order valence-electron chi connectivity index (χ3n) is 4.34. The summed E-state index contributed by atoms with van der Waals surface area (Å²) >= 11 is 0. The second-order valence-corrected chi connectivity index (χ2v) is 6.15. The molecular formula is C14H21F3N2O3. The van der Waals surface area contributed by atoms with E-state index in [1.807, 2.05) is 0 Å². The Bertz CT molecular complexity index is 428. The van der Waals surface area contributed by atoms with Gasteiger partial charge in [0.2, 0.25) is 5.91 Å². The molecule has 0 saturated carbocycles. The Hall–Kier alpha value is -1.31. The molecule has 126 valence electrons. The van der Waals surface area contributed by atoms with Crippen LogP contribution in [-0.4, -0.2) is 65.7 Å². The Morgan fingerprint density at radius 2 is 1.68 bits per heavy atom. The SMILES string of the molecule is O=C(O)C1CCCN(C(=O)C2CCCN(CC(F)(F)F)C2)C1. The molecule has 0 bridgehead atoms. The largest absolute Gasteiger partial charge is 0.481 e. The third kappa shape index (κ3) is 4.59. The van der Waals surface area contributed by atoms with Crippen molar-refractivity contribution in [3.8, 4) is 0 Å². The van der Waals surface area contributed by atoms with Crippen molar-refractivity contribution in [1.29, 1.82) is 0 Å². The van der Waals surface area contributed by atoms with Gasteiger partial charge in [-0.3, -0.25) is 14.5 Å². The van der Waals surface area contributed by atoms with E-state index in [2.05, 4.69) is 0 Å². The minimum absolute atomic E-state index is 0.104. The van der Waals surface area contributed by atoms with Crippen LogP contribution in [0.15, 0.2) is 0 Å². The summed E-state index contributed by atoms with van der Waals surface area (Å²) in [6.45, 7) is 0.129. The highest BCUT2D eigenvalue weighted by Crippen LogP contribution is 2.25. The maximum atomic E-state index is 12.5. The van der Waals surface area contributed by atoms with Crippen LogP contribution >= 0.6 is 0 Å². The molecule has 2 saturated heterocycles. The van der Waals surface area contributed by atoms with Crippen molar-refractivity contribution >= 4 is 11.9 Å². The smallest absolute Gasteiger partial charge is 0.401 e. The van der Waals surface area contributed by atoms with E-state index in [0.717, 1.165) is 0 Å². The molecule has 2 heterocycles. The predicted octanol–water partition coefficient (Wildman–Crippen LogP) is 1.58. The molecule has 22 heavy (non-hydrogen) atoms. The average molecular weight is 322 g/mol. The Balaban J connectivity index is 1.92. The van der Waals surface area contributed by atoms with E-state index in [1.54, 1.807) is 0 Å². The Morgan fingerprint density at radius 3 is 2.32 bits per heavy atom. The number of aliphatic carboxylic acids is 1. The second kappa shape index (κ2) is 6.85. The number of alkyl halides is 3. The quantitative estimate of drug-likeness (QED) is 0.857. The number of hydrogen-bond donors (Lipinski definition) is 1. The first-order valence-electron chi connectivity index (χ1n) is 7.57. The lowest BCUT2D eigenvalue weighted by Crippen LogP contribution is -2.50. The molecule has 2 aliphatic rings. The van der Waals surface area contributed by atoms with Crippen LogP contribution in [0.4, 0.5) is 13.2 Å². The number of amides is 1. The number of carboxylic acid groups (broad SMARTS) is 1. The molecule has 0 aromatic carbocycles. The zero-order valence-electron chi connectivity index (χ0n) is 12.3. The van der Waals surface area contributed by atoms with E-state index in [4.69, 9.17) is 5.11 Å². The van der Waals surface area contributed by atoms with Gasteiger partial charge in [0, 0.05) is 19.6 Å². The van der Waals surface area contributed by atoms with Crippen LogP contribution in [0.5, 0.6) is 0 Å². The second-order valence-electron chi connectivity index (χ2n) is 6.15. The first-order valence-corrected chi connectivity index (χ1v) is 7.57. The lowest BCUT2D eigenvalue weighted by atomic mass is 9.93. The number of carbonyl (C=O) groups excluding carboxylic acids is 1. The van der Waals surface area contributed by atoms with Crippen LogP contribution < -0.4 is 0 Å². The molecule has 0 aliphatic carbocycles. The molecule has 2 aliphatic heterocycles. The van der Waals surface area contributed by atoms with Gasteiger partial charge in [-0.2, -0.15) is 13.2 Å². The number of likely N-dealkylation sites (tertiary alicyclic amines) is 2. The lowest BCUT2D eigenvalue weighted by Gasteiger charge is -2.37. The van der Waals surface area contributed by atoms with Gasteiger partial charge in [0.05, 0.1) is 18.4 Å². The molecule has 1 N–H and O–H groups in total. The van der Waals surface area contributed by atoms with Gasteiger partial charge >= 0.3 is 12.1 Å². The molecule has 5 nitrogen and oxygen atoms in total. The van der Waals surface area contributed by atoms with Crippen molar-refractivity contribution in [1.82, 2.24) is 9.80 Å². The number of carboxylic acids is 1. The molecular weight excluding hydrogens is 301 g/mol. The van der Waals surface area contributed by atoms with Gasteiger partial charge in [-0.1, -0.05) is 0 Å². The van der Waals surface area contributed by atoms with Crippen LogP contribution in [0.1, 0.15) is 25.7 Å². The monoisotopic (exact) mass is 322 g/mol. The van der Waals surface area contributed by atoms with Gasteiger partial charge in [0.25, 0.3) is 0 Å². The first-order chi connectivity index (χ1) is 10.3. The summed E-state index contributed by atoms with van der Waals surface area (Å²) in [5.74, 6) is -2.13. The van der Waals surface area contributed by atoms with E-state index in [1.165, 1.54) is 9.80 Å². The molecule has 2 unspecified atom stereocenters. The Labute approximate surface area is 127 Å². The zero-order chi connectivity index (χ0) is 16.3. The van der Waals surface area contributed by atoms with E-state index in [9.17, 15) is 22.8 Å². The predicted molar refractivity (Wildman–Crippen MR) is 72.2 cm³/mol. The molecule has 2 fully saturated rings. The molecule has 0 radical (unpaired) electrons. The van der Waals surface area contributed by atoms with Gasteiger partial charge in [0.15, 0.2) is 0 Å². The summed E-state index contributed by atoms with van der Waals surface area (Å²) < 4.78 is 37.4. The molecule has 0 aromatic rings. The fourth-order valence-electron chi connectivity index (χ4n) is 3.29. The maximum absolute atomic E-state index is 12.5. The molecule has 0 spiro atoms. The van der Waals surface area contributed by atoms with Crippen LogP contribution in [-0.2, 0) is 9.59 Å². The van der Waals surface area contributed by atoms with Crippen molar-refractivity contribution in [3.63, 3.8) is 0 Å². The summed E-state index contributed by atoms with van der Waals surface area (Å²) in [5, 5.41) is 9.05. The van der Waals surface area contributed by atoms with Crippen LogP contribution in [0.25, 0.3) is 0 Å². The fraction of sp³-hybridized carbons (Fsp3) is 0.857. The Kier molecular flexibility index (Phi) is 5.31. The number of nitrogens with zero attached hydrogens (tertiary/aromatic N) is 2. The van der Waals surface area contributed by atoms with Crippen molar-refractivity contribution in [2.75, 3.05) is 32.7 Å². The van der Waals surface area contributed by atoms with Gasteiger partial charge in [0.1, 0.15) is 0 Å². The van der Waals surface area contributed by atoms with Crippen LogP contribution in [0.3, 0.4) is 0 Å². The van der Waals surface area contributed by atoms with Crippen molar-refractivity contribution in [2.45, 2.75) is 31.9 Å². The summed E-state index contributed by atoms with van der Waals surface area (Å²) in [5.41, 5.74) is 0. The van der Waals surface area contributed by atoms with E-state index < -0.39 is 30.5 Å². The minimum atomic E-state index is -4.26. The molecule has 1 amide bonds. The summed E-state index contributed by atoms with van der Waals surface area (Å²) in [6, 6.07) is 0. The van der Waals surface area contributed by atoms with Gasteiger partial charge < -0.3 is 10.0 Å². The molecule has 8 heteroatoms. The fourth-order valence-corrected chi connectivity index (χ4v) is 3.29. The topological polar surface area (TPSA) is 60.9 Å². The van der Waals surface area contributed by atoms with Gasteiger partial charge in [-0.05, 0) is 32.2 Å². The highest BCUT2D eigenvalue weighted by molar-refractivity contribution is 5.80. The van der Waals surface area contributed by atoms with E-state index in [-0.39, 0.29) is 19.0 Å². The third-order valence-corrected chi connectivity index (χ3v) is 4.34. The number of rotatable bonds is 3. The van der Waals surface area contributed by atoms with Gasteiger partial charge in [-0.25, -0.2) is 0 Å². The summed E-state index contributed by atoms with van der Waals surface area (Å²) in [6.07, 6.45) is -1.96. The Morgan fingerprint density at radius 1 is 1.05 bits per heavy atom. The van der Waals surface area contributed by atoms with Crippen molar-refractivity contribution < 1.29 is 27.9 Å². The van der Waals surface area contributed by atoms with E-state index in [0.29, 0.717) is 38.8 Å². The number of halogens is 3. The molecule has 0 aromatic heterocycles. The highest BCUT2D eigenvalue weighted by atomic mass is 19.4. The minimum Gasteiger partial charge on any atom is -0.481 e. The maximum Gasteiger partial charge on any atom is 0.401 e. The summed E-state index contributed by atoms with van der Waals surface area (Å²) in [7, 11) is 0.